The summed E-state index contributed by atoms with van der Waals surface area (Å²) < 4.78 is 2.45. The first-order chi connectivity index (χ1) is 8.18. The van der Waals surface area contributed by atoms with Crippen molar-refractivity contribution in [1.82, 2.24) is 4.68 Å². The Labute approximate surface area is 105 Å². The van der Waals surface area contributed by atoms with Gasteiger partial charge in [-0.1, -0.05) is 30.4 Å². The first-order valence-corrected chi connectivity index (χ1v) is 5.61. The number of hydrogen-bond acceptors (Lipinski definition) is 2. The molecule has 0 N–H and O–H groups in total. The number of hydrogen-bond donors (Lipinski definition) is 0. The summed E-state index contributed by atoms with van der Waals surface area (Å²) in [5, 5.41) is 1.53. The van der Waals surface area contributed by atoms with Gasteiger partial charge >= 0.3 is 0 Å². The SMILES string of the molecule is CN(C(=O)c1ccccc1)n1ccc(=S)cc1. The van der Waals surface area contributed by atoms with Crippen molar-refractivity contribution in [3.63, 3.8) is 0 Å². The van der Waals surface area contributed by atoms with Gasteiger partial charge in [0.05, 0.1) is 0 Å². The fraction of sp³-hybridized carbons (Fsp3) is 0.0769. The second kappa shape index (κ2) is 4.93. The van der Waals surface area contributed by atoms with E-state index in [4.69, 9.17) is 12.2 Å². The Kier molecular flexibility index (Phi) is 3.35. The molecule has 1 aromatic heterocycles. The molecule has 3 nitrogen and oxygen atoms in total. The Morgan fingerprint density at radius 1 is 1.12 bits per heavy atom. The van der Waals surface area contributed by atoms with E-state index >= 15 is 0 Å². The summed E-state index contributed by atoms with van der Waals surface area (Å²) in [4.78, 5) is 12.1. The molecular formula is C13H12N2OS. The van der Waals surface area contributed by atoms with Crippen LogP contribution < -0.4 is 5.01 Å². The van der Waals surface area contributed by atoms with Gasteiger partial charge in [0.25, 0.3) is 5.91 Å². The third kappa shape index (κ3) is 2.60. The van der Waals surface area contributed by atoms with Gasteiger partial charge < -0.3 is 0 Å². The molecule has 0 aliphatic carbocycles. The van der Waals surface area contributed by atoms with Gasteiger partial charge in [0, 0.05) is 29.5 Å². The summed E-state index contributed by atoms with van der Waals surface area (Å²) in [6.45, 7) is 0. The highest BCUT2D eigenvalue weighted by Crippen LogP contribution is 2.03. The van der Waals surface area contributed by atoms with Gasteiger partial charge in [-0.3, -0.25) is 9.47 Å². The zero-order valence-corrected chi connectivity index (χ0v) is 10.2. The van der Waals surface area contributed by atoms with Crippen LogP contribution in [0.1, 0.15) is 10.4 Å². The molecule has 0 fully saturated rings. The number of nitrogens with zero attached hydrogens (tertiary/aromatic N) is 2. The molecule has 4 heteroatoms. The monoisotopic (exact) mass is 244 g/mol. The van der Waals surface area contributed by atoms with E-state index in [2.05, 4.69) is 0 Å². The Hall–Kier alpha value is -1.94. The second-order valence-corrected chi connectivity index (χ2v) is 4.08. The van der Waals surface area contributed by atoms with Crippen LogP contribution >= 0.6 is 12.2 Å². The summed E-state index contributed by atoms with van der Waals surface area (Å²) in [7, 11) is 1.72. The molecule has 0 bridgehead atoms. The lowest BCUT2D eigenvalue weighted by Crippen LogP contribution is -2.36. The van der Waals surface area contributed by atoms with Crippen molar-refractivity contribution in [2.24, 2.45) is 0 Å². The molecule has 0 radical (unpaired) electrons. The van der Waals surface area contributed by atoms with Gasteiger partial charge in [-0.2, -0.15) is 0 Å². The minimum atomic E-state index is -0.0623. The molecule has 1 heterocycles. The molecule has 0 saturated carbocycles. The van der Waals surface area contributed by atoms with E-state index < -0.39 is 0 Å². The molecule has 17 heavy (non-hydrogen) atoms. The molecule has 0 aliphatic heterocycles. The van der Waals surface area contributed by atoms with Crippen molar-refractivity contribution < 1.29 is 4.79 Å². The number of pyridine rings is 1. The molecule has 1 amide bonds. The fourth-order valence-electron chi connectivity index (χ4n) is 1.48. The molecule has 1 aromatic carbocycles. The minimum absolute atomic E-state index is 0.0623. The van der Waals surface area contributed by atoms with E-state index in [9.17, 15) is 4.79 Å². The fourth-order valence-corrected chi connectivity index (χ4v) is 1.60. The number of benzene rings is 1. The van der Waals surface area contributed by atoms with E-state index in [-0.39, 0.29) is 5.91 Å². The topological polar surface area (TPSA) is 25.2 Å². The maximum absolute atomic E-state index is 12.1. The highest BCUT2D eigenvalue weighted by atomic mass is 32.1. The molecule has 0 saturated heterocycles. The van der Waals surface area contributed by atoms with Gasteiger partial charge in [-0.25, -0.2) is 5.01 Å². The van der Waals surface area contributed by atoms with Crippen LogP contribution in [0.3, 0.4) is 0 Å². The minimum Gasteiger partial charge on any atom is -0.267 e. The third-order valence-corrected chi connectivity index (χ3v) is 2.72. The lowest BCUT2D eigenvalue weighted by molar-refractivity contribution is 0.0967. The standard InChI is InChI=1S/C13H12N2OS/c1-14(15-9-7-12(17)8-10-15)13(16)11-5-3-2-4-6-11/h2-10H,1H3. The predicted octanol–water partition coefficient (Wildman–Crippen LogP) is 2.63. The number of rotatable bonds is 2. The highest BCUT2D eigenvalue weighted by molar-refractivity contribution is 7.71. The molecule has 0 spiro atoms. The summed E-state index contributed by atoms with van der Waals surface area (Å²) >= 11 is 5.00. The van der Waals surface area contributed by atoms with Crippen molar-refractivity contribution in [2.75, 3.05) is 12.1 Å². The maximum atomic E-state index is 12.1. The Morgan fingerprint density at radius 3 is 2.29 bits per heavy atom. The summed E-state index contributed by atoms with van der Waals surface area (Å²) in [6.07, 6.45) is 3.53. The van der Waals surface area contributed by atoms with Crippen LogP contribution in [0.2, 0.25) is 0 Å². The normalized spacial score (nSPS) is 9.94. The van der Waals surface area contributed by atoms with Crippen LogP contribution in [0, 0.1) is 4.51 Å². The summed E-state index contributed by atoms with van der Waals surface area (Å²) in [6, 6.07) is 12.7. The first kappa shape index (κ1) is 11.5. The van der Waals surface area contributed by atoms with Gasteiger partial charge in [0.2, 0.25) is 0 Å². The van der Waals surface area contributed by atoms with E-state index in [1.54, 1.807) is 48.4 Å². The first-order valence-electron chi connectivity index (χ1n) is 5.20. The molecule has 86 valence electrons. The Bertz CT molecular complexity index is 557. The smallest absolute Gasteiger partial charge is 0.267 e. The van der Waals surface area contributed by atoms with E-state index in [1.807, 2.05) is 18.2 Å². The zero-order valence-electron chi connectivity index (χ0n) is 9.41. The maximum Gasteiger partial charge on any atom is 0.272 e. The van der Waals surface area contributed by atoms with Crippen molar-refractivity contribution in [2.45, 2.75) is 0 Å². The average molecular weight is 244 g/mol. The highest BCUT2D eigenvalue weighted by Gasteiger charge is 2.10. The molecule has 0 atom stereocenters. The lowest BCUT2D eigenvalue weighted by Gasteiger charge is -2.20. The van der Waals surface area contributed by atoms with Crippen molar-refractivity contribution >= 4 is 18.1 Å². The number of amides is 1. The van der Waals surface area contributed by atoms with Crippen molar-refractivity contribution in [3.8, 4) is 0 Å². The van der Waals surface area contributed by atoms with Crippen LogP contribution in [0.4, 0.5) is 0 Å². The molecular weight excluding hydrogens is 232 g/mol. The Balaban J connectivity index is 2.26. The number of aromatic nitrogens is 1. The largest absolute Gasteiger partial charge is 0.272 e. The van der Waals surface area contributed by atoms with Gasteiger partial charge in [0.15, 0.2) is 0 Å². The van der Waals surface area contributed by atoms with Crippen LogP contribution in [0.15, 0.2) is 54.9 Å². The molecule has 0 aliphatic rings. The summed E-state index contributed by atoms with van der Waals surface area (Å²) in [5.41, 5.74) is 0.657. The van der Waals surface area contributed by atoms with Crippen LogP contribution in [0.25, 0.3) is 0 Å². The predicted molar refractivity (Wildman–Crippen MR) is 70.2 cm³/mol. The van der Waals surface area contributed by atoms with E-state index in [1.165, 1.54) is 5.01 Å². The van der Waals surface area contributed by atoms with E-state index in [0.29, 0.717) is 5.56 Å². The second-order valence-electron chi connectivity index (χ2n) is 3.61. The Morgan fingerprint density at radius 2 is 1.71 bits per heavy atom. The number of carbonyl (C=O) groups excluding carboxylic acids is 1. The molecule has 0 unspecified atom stereocenters. The van der Waals surface area contributed by atoms with Crippen LogP contribution in [-0.4, -0.2) is 17.6 Å². The lowest BCUT2D eigenvalue weighted by atomic mass is 10.2. The quantitative estimate of drug-likeness (QED) is 0.759. The molecule has 2 aromatic rings. The van der Waals surface area contributed by atoms with Gasteiger partial charge in [-0.15, -0.1) is 0 Å². The summed E-state index contributed by atoms with van der Waals surface area (Å²) in [5.74, 6) is -0.0623. The van der Waals surface area contributed by atoms with Gasteiger partial charge in [0.1, 0.15) is 0 Å². The zero-order chi connectivity index (χ0) is 12.3. The van der Waals surface area contributed by atoms with Crippen LogP contribution in [0.5, 0.6) is 0 Å². The van der Waals surface area contributed by atoms with Crippen molar-refractivity contribution in [3.05, 3.63) is 64.9 Å². The van der Waals surface area contributed by atoms with Crippen LogP contribution in [-0.2, 0) is 0 Å². The van der Waals surface area contributed by atoms with Crippen molar-refractivity contribution in [1.29, 1.82) is 0 Å². The third-order valence-electron chi connectivity index (χ3n) is 2.44. The average Bonchev–Trinajstić information content (AvgIpc) is 2.39. The van der Waals surface area contributed by atoms with E-state index in [0.717, 1.165) is 4.51 Å². The molecule has 2 rings (SSSR count). The van der Waals surface area contributed by atoms with Gasteiger partial charge in [-0.05, 0) is 24.3 Å². The number of carbonyl (C=O) groups is 1.